The van der Waals surface area contributed by atoms with Crippen molar-refractivity contribution in [2.75, 3.05) is 25.5 Å². The molecule has 0 radical (unpaired) electrons. The SMILES string of the molecule is COC(=O)[C@H]1CC(Nc2ncc(C(F)(F)F)cn2)CN(C(=O)OC(C)(C)C)C1. The summed E-state index contributed by atoms with van der Waals surface area (Å²) in [6, 6.07) is -0.470. The molecular weight excluding hydrogens is 381 g/mol. The molecule has 0 bridgehead atoms. The van der Waals surface area contributed by atoms with E-state index in [0.29, 0.717) is 18.8 Å². The number of carbonyl (C=O) groups excluding carboxylic acids is 2. The maximum Gasteiger partial charge on any atom is 0.419 e. The first-order chi connectivity index (χ1) is 12.9. The largest absolute Gasteiger partial charge is 0.469 e. The summed E-state index contributed by atoms with van der Waals surface area (Å²) in [7, 11) is 1.25. The van der Waals surface area contributed by atoms with E-state index in [1.54, 1.807) is 20.8 Å². The third-order valence-corrected chi connectivity index (χ3v) is 3.95. The number of carbonyl (C=O) groups is 2. The van der Waals surface area contributed by atoms with E-state index in [4.69, 9.17) is 9.47 Å². The number of hydrogen-bond donors (Lipinski definition) is 1. The Hall–Kier alpha value is -2.59. The van der Waals surface area contributed by atoms with Crippen molar-refractivity contribution in [3.05, 3.63) is 18.0 Å². The third-order valence-electron chi connectivity index (χ3n) is 3.95. The van der Waals surface area contributed by atoms with Gasteiger partial charge in [-0.1, -0.05) is 0 Å². The summed E-state index contributed by atoms with van der Waals surface area (Å²) in [5.41, 5.74) is -1.68. The minimum atomic E-state index is -4.53. The second-order valence-electron chi connectivity index (χ2n) is 7.48. The molecule has 0 saturated carbocycles. The van der Waals surface area contributed by atoms with Crippen molar-refractivity contribution in [1.29, 1.82) is 0 Å². The maximum absolute atomic E-state index is 12.6. The monoisotopic (exact) mass is 404 g/mol. The molecule has 1 N–H and O–H groups in total. The molecule has 2 atom stereocenters. The van der Waals surface area contributed by atoms with Crippen LogP contribution >= 0.6 is 0 Å². The Bertz CT molecular complexity index is 704. The summed E-state index contributed by atoms with van der Waals surface area (Å²) >= 11 is 0. The molecule has 11 heteroatoms. The fraction of sp³-hybridized carbons (Fsp3) is 0.647. The molecule has 1 aliphatic rings. The van der Waals surface area contributed by atoms with E-state index >= 15 is 0 Å². The van der Waals surface area contributed by atoms with Crippen LogP contribution in [0.15, 0.2) is 12.4 Å². The third kappa shape index (κ3) is 5.96. The van der Waals surface area contributed by atoms with Crippen LogP contribution in [0.4, 0.5) is 23.9 Å². The van der Waals surface area contributed by atoms with Crippen molar-refractivity contribution in [2.45, 2.75) is 45.0 Å². The molecule has 28 heavy (non-hydrogen) atoms. The highest BCUT2D eigenvalue weighted by Crippen LogP contribution is 2.28. The van der Waals surface area contributed by atoms with Gasteiger partial charge < -0.3 is 19.7 Å². The van der Waals surface area contributed by atoms with Gasteiger partial charge in [-0.2, -0.15) is 13.2 Å². The molecule has 2 rings (SSSR count). The molecule has 156 valence electrons. The molecule has 0 aromatic carbocycles. The number of nitrogens with one attached hydrogen (secondary N) is 1. The van der Waals surface area contributed by atoms with E-state index < -0.39 is 41.4 Å². The molecule has 1 unspecified atom stereocenters. The average molecular weight is 404 g/mol. The van der Waals surface area contributed by atoms with Gasteiger partial charge in [0.15, 0.2) is 0 Å². The van der Waals surface area contributed by atoms with Crippen LogP contribution in [0.5, 0.6) is 0 Å². The highest BCUT2D eigenvalue weighted by Gasteiger charge is 2.37. The van der Waals surface area contributed by atoms with Gasteiger partial charge in [0, 0.05) is 31.5 Å². The summed E-state index contributed by atoms with van der Waals surface area (Å²) in [6.07, 6.45) is -3.49. The first-order valence-electron chi connectivity index (χ1n) is 8.60. The quantitative estimate of drug-likeness (QED) is 0.774. The van der Waals surface area contributed by atoms with Gasteiger partial charge >= 0.3 is 18.2 Å². The molecule has 2 heterocycles. The normalized spacial score (nSPS) is 20.5. The van der Waals surface area contributed by atoms with Crippen LogP contribution in [0.1, 0.15) is 32.8 Å². The van der Waals surface area contributed by atoms with Gasteiger partial charge in [0.2, 0.25) is 5.95 Å². The average Bonchev–Trinajstić information content (AvgIpc) is 2.59. The molecule has 1 saturated heterocycles. The summed E-state index contributed by atoms with van der Waals surface area (Å²) in [5, 5.41) is 2.87. The zero-order chi connectivity index (χ0) is 21.1. The molecule has 1 aromatic rings. The van der Waals surface area contributed by atoms with Gasteiger partial charge in [-0.25, -0.2) is 14.8 Å². The Kier molecular flexibility index (Phi) is 6.35. The minimum absolute atomic E-state index is 0.0346. The van der Waals surface area contributed by atoms with Crippen molar-refractivity contribution in [3.63, 3.8) is 0 Å². The zero-order valence-corrected chi connectivity index (χ0v) is 16.0. The number of rotatable bonds is 3. The van der Waals surface area contributed by atoms with E-state index in [1.807, 2.05) is 0 Å². The number of anilines is 1. The summed E-state index contributed by atoms with van der Waals surface area (Å²) in [5.74, 6) is -1.14. The second-order valence-corrected chi connectivity index (χ2v) is 7.48. The maximum atomic E-state index is 12.6. The fourth-order valence-electron chi connectivity index (χ4n) is 2.75. The topological polar surface area (TPSA) is 93.6 Å². The lowest BCUT2D eigenvalue weighted by molar-refractivity contribution is -0.147. The van der Waals surface area contributed by atoms with Crippen molar-refractivity contribution in [2.24, 2.45) is 5.92 Å². The second kappa shape index (κ2) is 8.19. The van der Waals surface area contributed by atoms with E-state index in [0.717, 1.165) is 0 Å². The standard InChI is InChI=1S/C17H23F3N4O4/c1-16(2,3)28-15(26)24-8-10(13(25)27-4)5-12(9-24)23-14-21-6-11(7-22-14)17(18,19)20/h6-7,10,12H,5,8-9H2,1-4H3,(H,21,22,23)/t10-,12?/m0/s1. The lowest BCUT2D eigenvalue weighted by Crippen LogP contribution is -2.52. The van der Waals surface area contributed by atoms with Gasteiger partial charge in [0.1, 0.15) is 5.60 Å². The predicted octanol–water partition coefficient (Wildman–Crippen LogP) is 2.71. The first kappa shape index (κ1) is 21.7. The number of aromatic nitrogens is 2. The number of alkyl halides is 3. The van der Waals surface area contributed by atoms with Crippen LogP contribution in [0.25, 0.3) is 0 Å². The minimum Gasteiger partial charge on any atom is -0.469 e. The highest BCUT2D eigenvalue weighted by atomic mass is 19.4. The predicted molar refractivity (Wildman–Crippen MR) is 92.4 cm³/mol. The number of halogens is 3. The lowest BCUT2D eigenvalue weighted by Gasteiger charge is -2.37. The molecular formula is C17H23F3N4O4. The Morgan fingerprint density at radius 2 is 1.79 bits per heavy atom. The number of methoxy groups -OCH3 is 1. The first-order valence-corrected chi connectivity index (χ1v) is 8.60. The van der Waals surface area contributed by atoms with Crippen molar-refractivity contribution >= 4 is 18.0 Å². The summed E-state index contributed by atoms with van der Waals surface area (Å²) in [6.45, 7) is 5.45. The van der Waals surface area contributed by atoms with E-state index in [2.05, 4.69) is 15.3 Å². The highest BCUT2D eigenvalue weighted by molar-refractivity contribution is 5.75. The van der Waals surface area contributed by atoms with E-state index in [9.17, 15) is 22.8 Å². The molecule has 0 spiro atoms. The Morgan fingerprint density at radius 1 is 1.18 bits per heavy atom. The number of esters is 1. The summed E-state index contributed by atoms with van der Waals surface area (Å²) in [4.78, 5) is 33.1. The number of ether oxygens (including phenoxy) is 2. The number of likely N-dealkylation sites (tertiary alicyclic amines) is 1. The van der Waals surface area contributed by atoms with Gasteiger partial charge in [-0.3, -0.25) is 4.79 Å². The van der Waals surface area contributed by atoms with Crippen LogP contribution in [0, 0.1) is 5.92 Å². The summed E-state index contributed by atoms with van der Waals surface area (Å²) < 4.78 is 48.0. The Labute approximate surface area is 160 Å². The number of piperidine rings is 1. The van der Waals surface area contributed by atoms with Crippen molar-refractivity contribution in [1.82, 2.24) is 14.9 Å². The van der Waals surface area contributed by atoms with Crippen LogP contribution in [0.3, 0.4) is 0 Å². The molecule has 0 aliphatic carbocycles. The van der Waals surface area contributed by atoms with Gasteiger partial charge in [0.05, 0.1) is 18.6 Å². The molecule has 1 amide bonds. The van der Waals surface area contributed by atoms with Crippen molar-refractivity contribution < 1.29 is 32.2 Å². The molecule has 1 fully saturated rings. The van der Waals surface area contributed by atoms with Crippen LogP contribution in [0.2, 0.25) is 0 Å². The smallest absolute Gasteiger partial charge is 0.419 e. The zero-order valence-electron chi connectivity index (χ0n) is 16.0. The number of nitrogens with zero attached hydrogens (tertiary/aromatic N) is 3. The molecule has 1 aromatic heterocycles. The van der Waals surface area contributed by atoms with Crippen LogP contribution in [-0.2, 0) is 20.4 Å². The van der Waals surface area contributed by atoms with Gasteiger partial charge in [-0.15, -0.1) is 0 Å². The van der Waals surface area contributed by atoms with Crippen LogP contribution < -0.4 is 5.32 Å². The Morgan fingerprint density at radius 3 is 2.29 bits per heavy atom. The van der Waals surface area contributed by atoms with Gasteiger partial charge in [-0.05, 0) is 27.2 Å². The number of amides is 1. The molecule has 8 nitrogen and oxygen atoms in total. The van der Waals surface area contributed by atoms with E-state index in [-0.39, 0.29) is 19.0 Å². The van der Waals surface area contributed by atoms with E-state index in [1.165, 1.54) is 12.0 Å². The number of hydrogen-bond acceptors (Lipinski definition) is 7. The lowest BCUT2D eigenvalue weighted by atomic mass is 9.94. The Balaban J connectivity index is 2.13. The van der Waals surface area contributed by atoms with Crippen LogP contribution in [-0.4, -0.2) is 58.8 Å². The molecule has 1 aliphatic heterocycles. The van der Waals surface area contributed by atoms with Gasteiger partial charge in [0.25, 0.3) is 0 Å². The fourth-order valence-corrected chi connectivity index (χ4v) is 2.75. The van der Waals surface area contributed by atoms with Crippen molar-refractivity contribution in [3.8, 4) is 0 Å².